The number of amides is 1. The zero-order valence-electron chi connectivity index (χ0n) is 19.1. The second-order valence-corrected chi connectivity index (χ2v) is 8.61. The molecule has 36 heavy (non-hydrogen) atoms. The summed E-state index contributed by atoms with van der Waals surface area (Å²) in [6.07, 6.45) is -1.24. The van der Waals surface area contributed by atoms with Gasteiger partial charge in [0, 0.05) is 44.8 Å². The van der Waals surface area contributed by atoms with E-state index in [1.807, 2.05) is 0 Å². The molecule has 1 amide bonds. The number of carbonyl (C=O) groups is 1. The molecule has 0 bridgehead atoms. The topological polar surface area (TPSA) is 88.8 Å². The molecule has 1 saturated heterocycles. The summed E-state index contributed by atoms with van der Waals surface area (Å²) in [7, 11) is 1.50. The number of halogens is 6. The van der Waals surface area contributed by atoms with Crippen molar-refractivity contribution in [1.82, 2.24) is 29.6 Å². The summed E-state index contributed by atoms with van der Waals surface area (Å²) >= 11 is 0. The molecule has 8 nitrogen and oxygen atoms in total. The maximum Gasteiger partial charge on any atom is 0.419 e. The van der Waals surface area contributed by atoms with E-state index in [0.29, 0.717) is 12.4 Å². The Labute approximate surface area is 201 Å². The molecule has 1 aliphatic rings. The van der Waals surface area contributed by atoms with Crippen LogP contribution in [-0.2, 0) is 13.2 Å². The zero-order valence-corrected chi connectivity index (χ0v) is 19.1. The third-order valence-corrected chi connectivity index (χ3v) is 5.83. The minimum atomic E-state index is -4.61. The highest BCUT2D eigenvalue weighted by molar-refractivity contribution is 5.99. The van der Waals surface area contributed by atoms with Crippen molar-refractivity contribution in [2.24, 2.45) is 13.0 Å². The second kappa shape index (κ2) is 9.39. The quantitative estimate of drug-likeness (QED) is 0.519. The molecule has 4 heterocycles. The zero-order chi connectivity index (χ0) is 26.3. The standard InChI is InChI=1S/C22H21F6N7O/c1-12-6-21(24,25)11-35(16(12)9-32-20-30-7-13(8-31-20)22(26,27)28)19(36)18-14(10-34(2)33-18)17-15(23)4-3-5-29-17/h3-5,7-8,10,12,16H,6,9,11H2,1-2H3,(H,30,31,32)/t12-,16-/m1/s1. The number of aromatic nitrogens is 5. The van der Waals surface area contributed by atoms with Crippen molar-refractivity contribution in [2.45, 2.75) is 31.5 Å². The van der Waals surface area contributed by atoms with Gasteiger partial charge in [0.25, 0.3) is 11.8 Å². The Bertz CT molecular complexity index is 1240. The maximum atomic E-state index is 14.5. The first-order chi connectivity index (χ1) is 16.9. The SMILES string of the molecule is C[C@@H]1CC(F)(F)CN(C(=O)c2nn(C)cc2-c2ncccc2F)[C@@H]1CNc1ncc(C(F)(F)F)cn1. The fourth-order valence-corrected chi connectivity index (χ4v) is 4.18. The summed E-state index contributed by atoms with van der Waals surface area (Å²) in [5.41, 5.74) is -1.41. The van der Waals surface area contributed by atoms with Crippen LogP contribution in [0.5, 0.6) is 0 Å². The van der Waals surface area contributed by atoms with E-state index in [0.717, 1.165) is 11.0 Å². The fourth-order valence-electron chi connectivity index (χ4n) is 4.18. The number of alkyl halides is 5. The Morgan fingerprint density at radius 1 is 1.22 bits per heavy atom. The van der Waals surface area contributed by atoms with Crippen molar-refractivity contribution in [3.8, 4) is 11.3 Å². The number of piperidine rings is 1. The first-order valence-corrected chi connectivity index (χ1v) is 10.8. The van der Waals surface area contributed by atoms with E-state index >= 15 is 0 Å². The van der Waals surface area contributed by atoms with Crippen LogP contribution in [0.3, 0.4) is 0 Å². The van der Waals surface area contributed by atoms with E-state index in [2.05, 4.69) is 25.4 Å². The molecule has 4 rings (SSSR count). The van der Waals surface area contributed by atoms with Gasteiger partial charge in [-0.3, -0.25) is 14.5 Å². The minimum Gasteiger partial charge on any atom is -0.352 e. The predicted molar refractivity (Wildman–Crippen MR) is 115 cm³/mol. The molecule has 1 aliphatic heterocycles. The number of rotatable bonds is 5. The van der Waals surface area contributed by atoms with E-state index < -0.39 is 54.3 Å². The highest BCUT2D eigenvalue weighted by atomic mass is 19.4. The largest absolute Gasteiger partial charge is 0.419 e. The normalized spacial score (nSPS) is 19.8. The average Bonchev–Trinajstić information content (AvgIpc) is 3.18. The van der Waals surface area contributed by atoms with Gasteiger partial charge in [0.2, 0.25) is 5.95 Å². The molecular formula is C22H21F6N7O. The number of aryl methyl sites for hydroxylation is 1. The first-order valence-electron chi connectivity index (χ1n) is 10.8. The Hall–Kier alpha value is -3.71. The molecule has 14 heteroatoms. The lowest BCUT2D eigenvalue weighted by Gasteiger charge is -2.43. The van der Waals surface area contributed by atoms with Gasteiger partial charge in [-0.1, -0.05) is 6.92 Å². The van der Waals surface area contributed by atoms with Gasteiger partial charge >= 0.3 is 6.18 Å². The first kappa shape index (κ1) is 25.4. The molecule has 0 spiro atoms. The van der Waals surface area contributed by atoms with Crippen molar-refractivity contribution >= 4 is 11.9 Å². The molecule has 192 valence electrons. The molecule has 3 aromatic heterocycles. The lowest BCUT2D eigenvalue weighted by molar-refractivity contribution is -0.138. The smallest absolute Gasteiger partial charge is 0.352 e. The monoisotopic (exact) mass is 513 g/mol. The van der Waals surface area contributed by atoms with Gasteiger partial charge in [0.1, 0.15) is 11.5 Å². The summed E-state index contributed by atoms with van der Waals surface area (Å²) in [4.78, 5) is 25.6. The highest BCUT2D eigenvalue weighted by Gasteiger charge is 2.47. The molecule has 3 aromatic rings. The van der Waals surface area contributed by atoms with Gasteiger partial charge in [-0.2, -0.15) is 18.3 Å². The summed E-state index contributed by atoms with van der Waals surface area (Å²) < 4.78 is 83.0. The predicted octanol–water partition coefficient (Wildman–Crippen LogP) is 4.03. The van der Waals surface area contributed by atoms with Gasteiger partial charge in [-0.15, -0.1) is 0 Å². The Balaban J connectivity index is 1.62. The number of nitrogens with one attached hydrogen (secondary N) is 1. The van der Waals surface area contributed by atoms with Crippen LogP contribution in [0.25, 0.3) is 11.3 Å². The van der Waals surface area contributed by atoms with Crippen LogP contribution in [0.2, 0.25) is 0 Å². The van der Waals surface area contributed by atoms with E-state index in [9.17, 15) is 31.1 Å². The van der Waals surface area contributed by atoms with Crippen molar-refractivity contribution in [1.29, 1.82) is 0 Å². The Morgan fingerprint density at radius 2 is 1.92 bits per heavy atom. The third kappa shape index (κ3) is 5.26. The molecule has 0 aromatic carbocycles. The number of hydrogen-bond donors (Lipinski definition) is 1. The number of pyridine rings is 1. The van der Waals surface area contributed by atoms with Crippen molar-refractivity contribution in [3.05, 3.63) is 54.0 Å². The van der Waals surface area contributed by atoms with Crippen LogP contribution in [0.4, 0.5) is 32.3 Å². The fraction of sp³-hybridized carbons (Fsp3) is 0.409. The molecule has 1 fully saturated rings. The summed E-state index contributed by atoms with van der Waals surface area (Å²) in [6, 6.07) is 1.71. The Kier molecular flexibility index (Phi) is 6.62. The van der Waals surface area contributed by atoms with Gasteiger partial charge in [0.15, 0.2) is 5.69 Å². The summed E-state index contributed by atoms with van der Waals surface area (Å²) in [5, 5.41) is 6.81. The van der Waals surface area contributed by atoms with Crippen LogP contribution < -0.4 is 5.32 Å². The summed E-state index contributed by atoms with van der Waals surface area (Å²) in [6.45, 7) is 0.497. The Morgan fingerprint density at radius 3 is 2.56 bits per heavy atom. The average molecular weight is 513 g/mol. The minimum absolute atomic E-state index is 0.0416. The van der Waals surface area contributed by atoms with E-state index in [1.54, 1.807) is 0 Å². The molecule has 2 atom stereocenters. The van der Waals surface area contributed by atoms with Gasteiger partial charge in [0.05, 0.1) is 23.7 Å². The van der Waals surface area contributed by atoms with Crippen LogP contribution >= 0.6 is 0 Å². The van der Waals surface area contributed by atoms with E-state index in [4.69, 9.17) is 0 Å². The lowest BCUT2D eigenvalue weighted by atomic mass is 9.88. The van der Waals surface area contributed by atoms with Crippen molar-refractivity contribution in [2.75, 3.05) is 18.4 Å². The van der Waals surface area contributed by atoms with Crippen LogP contribution in [-0.4, -0.2) is 60.6 Å². The lowest BCUT2D eigenvalue weighted by Crippen LogP contribution is -2.57. The molecule has 0 saturated carbocycles. The number of carbonyl (C=O) groups excluding carboxylic acids is 1. The van der Waals surface area contributed by atoms with Gasteiger partial charge < -0.3 is 10.2 Å². The van der Waals surface area contributed by atoms with Gasteiger partial charge in [-0.25, -0.2) is 23.1 Å². The second-order valence-electron chi connectivity index (χ2n) is 8.61. The third-order valence-electron chi connectivity index (χ3n) is 5.83. The van der Waals surface area contributed by atoms with E-state index in [-0.39, 0.29) is 29.4 Å². The number of hydrogen-bond acceptors (Lipinski definition) is 6. The van der Waals surface area contributed by atoms with Gasteiger partial charge in [-0.05, 0) is 18.1 Å². The van der Waals surface area contributed by atoms with Crippen LogP contribution in [0.15, 0.2) is 36.9 Å². The highest BCUT2D eigenvalue weighted by Crippen LogP contribution is 2.36. The molecule has 0 unspecified atom stereocenters. The summed E-state index contributed by atoms with van der Waals surface area (Å²) in [5.74, 6) is -5.63. The maximum absolute atomic E-state index is 14.5. The van der Waals surface area contributed by atoms with Crippen molar-refractivity contribution < 1.29 is 31.1 Å². The molecular weight excluding hydrogens is 492 g/mol. The van der Waals surface area contributed by atoms with E-state index in [1.165, 1.54) is 37.1 Å². The number of nitrogens with zero attached hydrogens (tertiary/aromatic N) is 6. The van der Waals surface area contributed by atoms with Crippen molar-refractivity contribution in [3.63, 3.8) is 0 Å². The van der Waals surface area contributed by atoms with Crippen LogP contribution in [0, 0.1) is 11.7 Å². The number of anilines is 1. The molecule has 0 radical (unpaired) electrons. The van der Waals surface area contributed by atoms with Crippen LogP contribution in [0.1, 0.15) is 29.4 Å². The molecule has 1 N–H and O–H groups in total. The number of likely N-dealkylation sites (tertiary alicyclic amines) is 1. The molecule has 0 aliphatic carbocycles.